The predicted molar refractivity (Wildman–Crippen MR) is 228 cm³/mol. The molecule has 11 nitrogen and oxygen atoms in total. The van der Waals surface area contributed by atoms with Gasteiger partial charge in [0.15, 0.2) is 5.96 Å². The number of fused-ring (bicyclic) bond motifs is 2. The Morgan fingerprint density at radius 1 is 0.963 bits per heavy atom. The van der Waals surface area contributed by atoms with Crippen LogP contribution in [0.1, 0.15) is 77.8 Å². The van der Waals surface area contributed by atoms with Gasteiger partial charge in [-0.25, -0.2) is 4.42 Å². The first-order chi connectivity index (χ1) is 25.6. The summed E-state index contributed by atoms with van der Waals surface area (Å²) in [5.74, 6) is 1.16. The lowest BCUT2D eigenvalue weighted by atomic mass is 9.81. The number of aliphatic hydroxyl groups is 1. The third kappa shape index (κ3) is 15.1. The topological polar surface area (TPSA) is 201 Å². The van der Waals surface area contributed by atoms with Gasteiger partial charge in [0.2, 0.25) is 0 Å². The van der Waals surface area contributed by atoms with Gasteiger partial charge in [0.05, 0.1) is 12.0 Å². The Kier molecular flexibility index (Phi) is 23.3. The molecule has 4 rings (SSSR count). The van der Waals surface area contributed by atoms with E-state index in [9.17, 15) is 4.79 Å². The molecule has 0 fully saturated rings. The zero-order valence-electron chi connectivity index (χ0n) is 33.6. The Balaban J connectivity index is 0.00000149. The van der Waals surface area contributed by atoms with Crippen LogP contribution in [0.25, 0.3) is 0 Å². The molecule has 0 atom stereocenters. The fraction of sp³-hybridized carbons (Fsp3) is 0.429. The van der Waals surface area contributed by atoms with E-state index in [1.54, 1.807) is 14.1 Å². The first-order valence-electron chi connectivity index (χ1n) is 17.9. The molecule has 54 heavy (non-hydrogen) atoms. The smallest absolute Gasteiger partial charge is 0.357 e. The molecule has 0 aromatic heterocycles. The van der Waals surface area contributed by atoms with Gasteiger partial charge in [-0.05, 0) is 95.1 Å². The molecule has 0 aliphatic carbocycles. The van der Waals surface area contributed by atoms with Crippen molar-refractivity contribution in [3.8, 4) is 5.75 Å². The number of aliphatic hydroxyl groups excluding tert-OH is 1. The van der Waals surface area contributed by atoms with Crippen LogP contribution < -0.4 is 22.1 Å². The zero-order chi connectivity index (χ0) is 41.5. The first kappa shape index (κ1) is 49.5. The van der Waals surface area contributed by atoms with E-state index in [1.165, 1.54) is 27.4 Å². The average molecular weight is 767 g/mol. The molecule has 0 saturated heterocycles. The standard InChI is InChI=1S/C34H42ClN2O.C3H9N3.C3H7NO2.CH3N.CH4O/c1-25(35)26(21-22-32-34(4,5)28-17-11-13-19-30(28)38-32)15-8-6-7-9-20-31-33(2,3)27-16-10-12-18-29(27)37(31)24-14-23-36;1-6(2)3(4)5;4-2-1-3(5)6;2*1-2/h7,9-13,16-22H,6,8,14-15,23-24,36H2,1-5H3;1-2H3,(H3,4,5);1-2,4H2,(H,5,6);2H,1H2;2H,1H3/q+1;;;;/b9-7-,22-21+,26-25-,31-20+;;;;. The summed E-state index contributed by atoms with van der Waals surface area (Å²) in [6.45, 7) is 15.4. The Bertz CT molecular complexity index is 1620. The lowest BCUT2D eigenvalue weighted by Crippen LogP contribution is -2.28. The van der Waals surface area contributed by atoms with Crippen molar-refractivity contribution in [3.05, 3.63) is 106 Å². The lowest BCUT2D eigenvalue weighted by molar-refractivity contribution is -0.362. The number of nitrogens with one attached hydrogen (secondary N) is 2. The van der Waals surface area contributed by atoms with E-state index in [1.807, 2.05) is 19.1 Å². The summed E-state index contributed by atoms with van der Waals surface area (Å²) >= 11 is 6.49. The maximum Gasteiger partial charge on any atom is 0.357 e. The molecular weight excluding hydrogens is 702 g/mol. The van der Waals surface area contributed by atoms with Crippen molar-refractivity contribution in [3.63, 3.8) is 0 Å². The Hall–Kier alpha value is -4.55. The molecule has 0 bridgehead atoms. The molecule has 12 heteroatoms. The van der Waals surface area contributed by atoms with Crippen molar-refractivity contribution in [1.82, 2.24) is 4.90 Å². The lowest BCUT2D eigenvalue weighted by Gasteiger charge is -2.26. The molecule has 0 spiro atoms. The van der Waals surface area contributed by atoms with E-state index in [4.69, 9.17) is 54.3 Å². The number of carboxylic acids is 1. The molecule has 10 N–H and O–H groups in total. The summed E-state index contributed by atoms with van der Waals surface area (Å²) in [5, 5.41) is 27.8. The van der Waals surface area contributed by atoms with Crippen LogP contribution in [-0.4, -0.2) is 80.4 Å². The second kappa shape index (κ2) is 25.5. The van der Waals surface area contributed by atoms with E-state index >= 15 is 0 Å². The van der Waals surface area contributed by atoms with E-state index in [2.05, 4.69) is 106 Å². The molecule has 298 valence electrons. The van der Waals surface area contributed by atoms with E-state index in [-0.39, 0.29) is 29.8 Å². The quantitative estimate of drug-likeness (QED) is 0.0290. The summed E-state index contributed by atoms with van der Waals surface area (Å²) in [6, 6.07) is 17.0. The minimum Gasteiger partial charge on any atom is -0.481 e. The molecule has 2 aliphatic rings. The van der Waals surface area contributed by atoms with Gasteiger partial charge in [-0.3, -0.25) is 10.2 Å². The van der Waals surface area contributed by atoms with Gasteiger partial charge < -0.3 is 42.6 Å². The van der Waals surface area contributed by atoms with Gasteiger partial charge in [-0.2, -0.15) is 0 Å². The van der Waals surface area contributed by atoms with Crippen LogP contribution in [0.3, 0.4) is 0 Å². The third-order valence-electron chi connectivity index (χ3n) is 8.71. The Labute approximate surface area is 328 Å². The van der Waals surface area contributed by atoms with Crippen LogP contribution in [0.15, 0.2) is 95.2 Å². The van der Waals surface area contributed by atoms with Gasteiger partial charge >= 0.3 is 17.5 Å². The molecule has 2 aromatic carbocycles. The highest BCUT2D eigenvalue weighted by molar-refractivity contribution is 6.29. The number of hydrogen-bond donors (Lipinski definition) is 7. The Morgan fingerprint density at radius 2 is 1.54 bits per heavy atom. The summed E-state index contributed by atoms with van der Waals surface area (Å²) < 4.78 is 6.17. The number of anilines is 1. The van der Waals surface area contributed by atoms with Crippen LogP contribution in [-0.2, 0) is 20.0 Å². The number of guanidine groups is 1. The largest absolute Gasteiger partial charge is 0.481 e. The minimum absolute atomic E-state index is 0.0284. The summed E-state index contributed by atoms with van der Waals surface area (Å²) in [4.78, 5) is 13.5. The van der Waals surface area contributed by atoms with Crippen LogP contribution in [0.5, 0.6) is 5.75 Å². The highest BCUT2D eigenvalue weighted by atomic mass is 35.5. The Morgan fingerprint density at radius 3 is 2.04 bits per heavy atom. The number of carbonyl (C=O) groups excluding carboxylic acids is 1. The third-order valence-corrected chi connectivity index (χ3v) is 8.95. The number of nitrogens with zero attached hydrogens (tertiary/aromatic N) is 2. The van der Waals surface area contributed by atoms with Crippen molar-refractivity contribution in [2.45, 2.75) is 77.6 Å². The van der Waals surface area contributed by atoms with Crippen LogP contribution in [0, 0.1) is 10.8 Å². The number of allylic oxidation sites excluding steroid dienone is 8. The van der Waals surface area contributed by atoms with Gasteiger partial charge in [0.25, 0.3) is 0 Å². The van der Waals surface area contributed by atoms with Crippen molar-refractivity contribution in [2.24, 2.45) is 17.2 Å². The minimum atomic E-state index is -0.836. The molecule has 0 unspecified atom stereocenters. The normalized spacial score (nSPS) is 15.5. The van der Waals surface area contributed by atoms with Crippen LogP contribution in [0.2, 0.25) is 0 Å². The number of rotatable bonds is 12. The maximum absolute atomic E-state index is 9.52. The van der Waals surface area contributed by atoms with E-state index < -0.39 is 5.97 Å². The van der Waals surface area contributed by atoms with Gasteiger partial charge in [-0.1, -0.05) is 67.9 Å². The number of carbonyl (C=O) groups is 1. The number of hydrogen-bond acceptors (Lipinski definition) is 7. The number of unbranched alkanes of at least 4 members (excludes halogenated alkanes) is 1. The molecule has 0 amide bonds. The highest BCUT2D eigenvalue weighted by Crippen LogP contribution is 2.47. The van der Waals surface area contributed by atoms with E-state index in [0.29, 0.717) is 6.54 Å². The maximum atomic E-state index is 9.52. The van der Waals surface area contributed by atoms with Gasteiger partial charge in [0.1, 0.15) is 5.41 Å². The fourth-order valence-electron chi connectivity index (χ4n) is 5.66. The van der Waals surface area contributed by atoms with Gasteiger partial charge in [0, 0.05) is 68.3 Å². The molecule has 0 radical (unpaired) electrons. The number of nitrogens with two attached hydrogens (primary N) is 3. The second-order valence-corrected chi connectivity index (χ2v) is 14.1. The van der Waals surface area contributed by atoms with Crippen LogP contribution in [0.4, 0.5) is 5.69 Å². The van der Waals surface area contributed by atoms with Crippen molar-refractivity contribution in [2.75, 3.05) is 45.7 Å². The molecular formula is C42H65ClN7O4+. The summed E-state index contributed by atoms with van der Waals surface area (Å²) in [7, 11) is 4.45. The number of benzene rings is 2. The number of halogens is 1. The van der Waals surface area contributed by atoms with Crippen molar-refractivity contribution in [1.29, 1.82) is 10.8 Å². The highest BCUT2D eigenvalue weighted by Gasteiger charge is 2.45. The monoisotopic (exact) mass is 766 g/mol. The molecule has 2 heterocycles. The number of aliphatic carboxylic acids is 1. The first-order valence-corrected chi connectivity index (χ1v) is 18.3. The molecule has 2 aliphatic heterocycles. The predicted octanol–water partition coefficient (Wildman–Crippen LogP) is 7.36. The zero-order valence-corrected chi connectivity index (χ0v) is 34.3. The molecule has 0 saturated carbocycles. The second-order valence-electron chi connectivity index (χ2n) is 13.5. The van der Waals surface area contributed by atoms with Gasteiger partial charge in [-0.15, -0.1) is 0 Å². The fourth-order valence-corrected chi connectivity index (χ4v) is 5.82. The van der Waals surface area contributed by atoms with Crippen LogP contribution >= 0.6 is 11.6 Å². The van der Waals surface area contributed by atoms with Crippen molar-refractivity contribution >= 4 is 41.7 Å². The molecule has 2 aromatic rings. The number of para-hydroxylation sites is 2. The number of ketones is 1. The summed E-state index contributed by atoms with van der Waals surface area (Å²) in [5.41, 5.74) is 21.9. The SMILES string of the molecule is C/C(Cl)=C(/C=C/C1=[O+]c2ccccc2C1(C)C)CCC/C=C\C=C1\N(CCCN)c2ccccc2C1(C)C.C=N.CN(C)C(=N)N.CO.NCCC(=O)O. The summed E-state index contributed by atoms with van der Waals surface area (Å²) in [6.07, 6.45) is 15.0. The average Bonchev–Trinajstić information content (AvgIpc) is 3.53. The number of carboxylic acid groups (broad SMARTS) is 1. The van der Waals surface area contributed by atoms with Crippen molar-refractivity contribution < 1.29 is 19.4 Å². The van der Waals surface area contributed by atoms with E-state index in [0.717, 1.165) is 61.5 Å².